The number of nitrogens with zero attached hydrogens (tertiary/aromatic N) is 1. The van der Waals surface area contributed by atoms with E-state index in [0.29, 0.717) is 13.2 Å². The van der Waals surface area contributed by atoms with Crippen molar-refractivity contribution >= 4 is 5.91 Å². The third-order valence-electron chi connectivity index (χ3n) is 3.55. The first-order valence-electron chi connectivity index (χ1n) is 6.79. The Labute approximate surface area is 118 Å². The molecule has 0 N–H and O–H groups in total. The van der Waals surface area contributed by atoms with Crippen LogP contribution in [0.4, 0.5) is 0 Å². The lowest BCUT2D eigenvalue weighted by atomic mass is 10.1. The summed E-state index contributed by atoms with van der Waals surface area (Å²) >= 11 is 0. The van der Waals surface area contributed by atoms with E-state index < -0.39 is 0 Å². The lowest BCUT2D eigenvalue weighted by molar-refractivity contribution is 0.0785. The van der Waals surface area contributed by atoms with Crippen LogP contribution in [0.1, 0.15) is 21.5 Å². The zero-order valence-electron chi connectivity index (χ0n) is 11.5. The molecular formula is C17H17NO2. The molecule has 0 saturated heterocycles. The van der Waals surface area contributed by atoms with Gasteiger partial charge in [0.05, 0.1) is 6.61 Å². The molecule has 0 radical (unpaired) electrons. The van der Waals surface area contributed by atoms with E-state index in [0.717, 1.165) is 28.9 Å². The Bertz CT molecular complexity index is 622. The van der Waals surface area contributed by atoms with Crippen LogP contribution in [0.25, 0.3) is 0 Å². The minimum absolute atomic E-state index is 0.0450. The van der Waals surface area contributed by atoms with Crippen LogP contribution in [-0.2, 0) is 13.0 Å². The summed E-state index contributed by atoms with van der Waals surface area (Å²) in [6.07, 6.45) is 0.888. The third-order valence-corrected chi connectivity index (χ3v) is 3.55. The van der Waals surface area contributed by atoms with Crippen LogP contribution in [0.2, 0.25) is 0 Å². The van der Waals surface area contributed by atoms with Crippen LogP contribution in [-0.4, -0.2) is 24.5 Å². The lowest BCUT2D eigenvalue weighted by Gasteiger charge is -2.17. The summed E-state index contributed by atoms with van der Waals surface area (Å²) in [6.45, 7) is 1.33. The highest BCUT2D eigenvalue weighted by Crippen LogP contribution is 2.26. The normalized spacial score (nSPS) is 12.7. The molecule has 3 nitrogen and oxygen atoms in total. The molecular weight excluding hydrogens is 250 g/mol. The number of benzene rings is 2. The predicted molar refractivity (Wildman–Crippen MR) is 77.9 cm³/mol. The molecule has 0 aliphatic carbocycles. The summed E-state index contributed by atoms with van der Waals surface area (Å²) < 4.78 is 5.46. The molecule has 102 valence electrons. The number of fused-ring (bicyclic) bond motifs is 1. The highest BCUT2D eigenvalue weighted by molar-refractivity contribution is 5.94. The Morgan fingerprint density at radius 3 is 2.80 bits per heavy atom. The minimum Gasteiger partial charge on any atom is -0.493 e. The zero-order chi connectivity index (χ0) is 13.9. The monoisotopic (exact) mass is 267 g/mol. The fourth-order valence-corrected chi connectivity index (χ4v) is 2.47. The molecule has 1 heterocycles. The first-order chi connectivity index (χ1) is 9.74. The predicted octanol–water partition coefficient (Wildman–Crippen LogP) is 2.89. The molecule has 1 aliphatic rings. The SMILES string of the molecule is CN(Cc1ccccc1)C(=O)c1ccc2c(c1)CCO2. The Morgan fingerprint density at radius 1 is 1.20 bits per heavy atom. The molecule has 1 amide bonds. The summed E-state index contributed by atoms with van der Waals surface area (Å²) in [5.74, 6) is 0.954. The molecule has 2 aromatic rings. The molecule has 0 spiro atoms. The number of ether oxygens (including phenoxy) is 1. The van der Waals surface area contributed by atoms with E-state index in [4.69, 9.17) is 4.74 Å². The number of carbonyl (C=O) groups is 1. The number of hydrogen-bond donors (Lipinski definition) is 0. The van der Waals surface area contributed by atoms with Gasteiger partial charge in [-0.25, -0.2) is 0 Å². The van der Waals surface area contributed by atoms with Crippen LogP contribution in [0.15, 0.2) is 48.5 Å². The standard InChI is InChI=1S/C17H17NO2/c1-18(12-13-5-3-2-4-6-13)17(19)15-7-8-16-14(11-15)9-10-20-16/h2-8,11H,9-10,12H2,1H3. The topological polar surface area (TPSA) is 29.5 Å². The van der Waals surface area contributed by atoms with Gasteiger partial charge in [-0.3, -0.25) is 4.79 Å². The van der Waals surface area contributed by atoms with E-state index in [1.807, 2.05) is 55.6 Å². The van der Waals surface area contributed by atoms with Gasteiger partial charge in [0.2, 0.25) is 0 Å². The molecule has 2 aromatic carbocycles. The van der Waals surface area contributed by atoms with Gasteiger partial charge in [0.15, 0.2) is 0 Å². The van der Waals surface area contributed by atoms with Crippen molar-refractivity contribution in [2.75, 3.05) is 13.7 Å². The Balaban J connectivity index is 1.75. The van der Waals surface area contributed by atoms with Gasteiger partial charge >= 0.3 is 0 Å². The fraction of sp³-hybridized carbons (Fsp3) is 0.235. The maximum Gasteiger partial charge on any atom is 0.253 e. The van der Waals surface area contributed by atoms with Crippen LogP contribution >= 0.6 is 0 Å². The Hall–Kier alpha value is -2.29. The van der Waals surface area contributed by atoms with Gasteiger partial charge in [-0.2, -0.15) is 0 Å². The van der Waals surface area contributed by atoms with E-state index in [9.17, 15) is 4.79 Å². The molecule has 0 atom stereocenters. The van der Waals surface area contributed by atoms with Gasteiger partial charge in [0.25, 0.3) is 5.91 Å². The third kappa shape index (κ3) is 2.52. The highest BCUT2D eigenvalue weighted by atomic mass is 16.5. The zero-order valence-corrected chi connectivity index (χ0v) is 11.5. The summed E-state index contributed by atoms with van der Waals surface area (Å²) in [5, 5.41) is 0. The lowest BCUT2D eigenvalue weighted by Crippen LogP contribution is -2.26. The second-order valence-corrected chi connectivity index (χ2v) is 5.07. The molecule has 3 heteroatoms. The van der Waals surface area contributed by atoms with Crippen molar-refractivity contribution in [3.05, 3.63) is 65.2 Å². The molecule has 0 saturated carbocycles. The van der Waals surface area contributed by atoms with E-state index in [-0.39, 0.29) is 5.91 Å². The van der Waals surface area contributed by atoms with Crippen molar-refractivity contribution in [1.29, 1.82) is 0 Å². The number of hydrogen-bond acceptors (Lipinski definition) is 2. The van der Waals surface area contributed by atoms with E-state index >= 15 is 0 Å². The largest absolute Gasteiger partial charge is 0.493 e. The molecule has 0 fully saturated rings. The number of carbonyl (C=O) groups excluding carboxylic acids is 1. The molecule has 0 unspecified atom stereocenters. The summed E-state index contributed by atoms with van der Waals surface area (Å²) in [6, 6.07) is 15.7. The summed E-state index contributed by atoms with van der Waals surface area (Å²) in [5.41, 5.74) is 2.99. The maximum absolute atomic E-state index is 12.4. The average molecular weight is 267 g/mol. The van der Waals surface area contributed by atoms with Crippen molar-refractivity contribution in [2.24, 2.45) is 0 Å². The molecule has 0 bridgehead atoms. The van der Waals surface area contributed by atoms with Crippen molar-refractivity contribution in [2.45, 2.75) is 13.0 Å². The molecule has 1 aliphatic heterocycles. The van der Waals surface area contributed by atoms with Crippen molar-refractivity contribution < 1.29 is 9.53 Å². The second kappa shape index (κ2) is 5.37. The Morgan fingerprint density at radius 2 is 2.00 bits per heavy atom. The first-order valence-corrected chi connectivity index (χ1v) is 6.79. The van der Waals surface area contributed by atoms with Gasteiger partial charge in [0.1, 0.15) is 5.75 Å². The number of rotatable bonds is 3. The van der Waals surface area contributed by atoms with Crippen LogP contribution in [0.3, 0.4) is 0 Å². The van der Waals surface area contributed by atoms with Gasteiger partial charge < -0.3 is 9.64 Å². The van der Waals surface area contributed by atoms with Gasteiger partial charge in [-0.15, -0.1) is 0 Å². The smallest absolute Gasteiger partial charge is 0.253 e. The summed E-state index contributed by atoms with van der Waals surface area (Å²) in [7, 11) is 1.83. The number of amides is 1. The molecule has 3 rings (SSSR count). The van der Waals surface area contributed by atoms with Crippen molar-refractivity contribution in [3.8, 4) is 5.75 Å². The highest BCUT2D eigenvalue weighted by Gasteiger charge is 2.17. The second-order valence-electron chi connectivity index (χ2n) is 5.07. The van der Waals surface area contributed by atoms with Crippen molar-refractivity contribution in [3.63, 3.8) is 0 Å². The fourth-order valence-electron chi connectivity index (χ4n) is 2.47. The van der Waals surface area contributed by atoms with E-state index in [1.54, 1.807) is 4.90 Å². The quantitative estimate of drug-likeness (QED) is 0.855. The maximum atomic E-state index is 12.4. The molecule has 20 heavy (non-hydrogen) atoms. The Kier molecular flexibility index (Phi) is 3.42. The van der Waals surface area contributed by atoms with Gasteiger partial charge in [-0.1, -0.05) is 30.3 Å². The first kappa shape index (κ1) is 12.7. The van der Waals surface area contributed by atoms with E-state index in [2.05, 4.69) is 0 Å². The summed E-state index contributed by atoms with van der Waals surface area (Å²) in [4.78, 5) is 14.2. The van der Waals surface area contributed by atoms with E-state index in [1.165, 1.54) is 0 Å². The van der Waals surface area contributed by atoms with Gasteiger partial charge in [0, 0.05) is 25.6 Å². The van der Waals surface area contributed by atoms with Crippen LogP contribution in [0, 0.1) is 0 Å². The molecule has 0 aromatic heterocycles. The van der Waals surface area contributed by atoms with Gasteiger partial charge in [-0.05, 0) is 29.3 Å². The van der Waals surface area contributed by atoms with Crippen LogP contribution < -0.4 is 4.74 Å². The van der Waals surface area contributed by atoms with Crippen LogP contribution in [0.5, 0.6) is 5.75 Å². The average Bonchev–Trinajstić information content (AvgIpc) is 2.94. The minimum atomic E-state index is 0.0450. The van der Waals surface area contributed by atoms with Crippen molar-refractivity contribution in [1.82, 2.24) is 4.90 Å².